The summed E-state index contributed by atoms with van der Waals surface area (Å²) in [4.78, 5) is 11.9. The first-order valence-corrected chi connectivity index (χ1v) is 8.99. The molecule has 0 bridgehead atoms. The molecule has 0 atom stereocenters. The van der Waals surface area contributed by atoms with Crippen LogP contribution in [-0.2, 0) is 4.79 Å². The van der Waals surface area contributed by atoms with Gasteiger partial charge >= 0.3 is 0 Å². The molecule has 1 amide bonds. The number of hydrogen-bond acceptors (Lipinski definition) is 5. The zero-order chi connectivity index (χ0) is 19.3. The third-order valence-corrected chi connectivity index (χ3v) is 4.72. The van der Waals surface area contributed by atoms with Gasteiger partial charge in [0, 0.05) is 0 Å². The molecule has 2 aromatic carbocycles. The molecule has 0 aliphatic rings. The minimum atomic E-state index is -0.359. The summed E-state index contributed by atoms with van der Waals surface area (Å²) in [5.41, 5.74) is 6.23. The van der Waals surface area contributed by atoms with Crippen molar-refractivity contribution in [1.82, 2.24) is 5.43 Å². The van der Waals surface area contributed by atoms with Crippen molar-refractivity contribution in [1.29, 1.82) is 0 Å². The molecule has 0 aromatic heterocycles. The van der Waals surface area contributed by atoms with Crippen LogP contribution in [0.4, 0.5) is 0 Å². The number of hydrogen-bond donors (Lipinski definition) is 2. The first-order chi connectivity index (χ1) is 12.3. The van der Waals surface area contributed by atoms with Gasteiger partial charge in [0.15, 0.2) is 18.1 Å². The number of halogens is 1. The average Bonchev–Trinajstić information content (AvgIpc) is 2.61. The van der Waals surface area contributed by atoms with E-state index in [4.69, 9.17) is 9.47 Å². The lowest BCUT2D eigenvalue weighted by Gasteiger charge is -2.13. The van der Waals surface area contributed by atoms with Gasteiger partial charge in [0.1, 0.15) is 5.75 Å². The number of carbonyl (C=O) groups is 1. The minimum absolute atomic E-state index is 0.0755. The number of carbonyl (C=O) groups excluding carboxylic acids is 1. The number of hydrazone groups is 1. The van der Waals surface area contributed by atoms with Gasteiger partial charge in [-0.05, 0) is 77.7 Å². The number of benzene rings is 2. The molecule has 0 radical (unpaired) electrons. The summed E-state index contributed by atoms with van der Waals surface area (Å²) >= 11 is 1.99. The van der Waals surface area contributed by atoms with Crippen LogP contribution in [0.15, 0.2) is 29.4 Å². The normalized spacial score (nSPS) is 10.8. The Kier molecular flexibility index (Phi) is 6.84. The number of aryl methyl sites for hydroxylation is 2. The van der Waals surface area contributed by atoms with Crippen LogP contribution in [0, 0.1) is 24.3 Å². The van der Waals surface area contributed by atoms with Crippen LogP contribution in [0.5, 0.6) is 17.2 Å². The highest BCUT2D eigenvalue weighted by molar-refractivity contribution is 14.1. The summed E-state index contributed by atoms with van der Waals surface area (Å²) in [7, 11) is 1.47. The van der Waals surface area contributed by atoms with Gasteiger partial charge < -0.3 is 14.6 Å². The van der Waals surface area contributed by atoms with Gasteiger partial charge in [-0.1, -0.05) is 12.1 Å². The van der Waals surface area contributed by atoms with Crippen molar-refractivity contribution in [2.75, 3.05) is 13.7 Å². The topological polar surface area (TPSA) is 80.2 Å². The molecule has 0 fully saturated rings. The van der Waals surface area contributed by atoms with E-state index in [-0.39, 0.29) is 18.3 Å². The molecule has 26 heavy (non-hydrogen) atoms. The highest BCUT2D eigenvalue weighted by Crippen LogP contribution is 2.31. The predicted octanol–water partition coefficient (Wildman–Crippen LogP) is 3.46. The Morgan fingerprint density at radius 1 is 1.27 bits per heavy atom. The molecule has 2 aromatic rings. The van der Waals surface area contributed by atoms with Crippen molar-refractivity contribution < 1.29 is 19.4 Å². The minimum Gasteiger partial charge on any atom is -0.504 e. The number of phenolic OH excluding ortho intramolecular Hbond substituents is 1. The largest absolute Gasteiger partial charge is 0.504 e. The van der Waals surface area contributed by atoms with E-state index in [1.807, 2.05) is 55.5 Å². The number of phenols is 1. The fraction of sp³-hybridized carbons (Fsp3) is 0.263. The number of nitrogens with one attached hydrogen (secondary N) is 1. The molecular formula is C19H21IN2O4. The summed E-state index contributed by atoms with van der Waals surface area (Å²) in [6, 6.07) is 7.34. The lowest BCUT2D eigenvalue weighted by Crippen LogP contribution is -2.25. The summed E-state index contributed by atoms with van der Waals surface area (Å²) in [5.74, 6) is 0.786. The average molecular weight is 468 g/mol. The predicted molar refractivity (Wildman–Crippen MR) is 109 cm³/mol. The number of amides is 1. The Hall–Kier alpha value is -2.29. The summed E-state index contributed by atoms with van der Waals surface area (Å²) in [6.45, 7) is 5.78. The van der Waals surface area contributed by atoms with Crippen LogP contribution >= 0.6 is 22.6 Å². The van der Waals surface area contributed by atoms with Gasteiger partial charge in [0.25, 0.3) is 5.91 Å². The molecule has 138 valence electrons. The van der Waals surface area contributed by atoms with Crippen LogP contribution in [0.3, 0.4) is 0 Å². The van der Waals surface area contributed by atoms with Crippen molar-refractivity contribution in [2.45, 2.75) is 20.8 Å². The van der Waals surface area contributed by atoms with Crippen molar-refractivity contribution in [3.8, 4) is 17.2 Å². The summed E-state index contributed by atoms with van der Waals surface area (Å²) < 4.78 is 11.4. The third-order valence-electron chi connectivity index (χ3n) is 3.89. The zero-order valence-corrected chi connectivity index (χ0v) is 17.2. The quantitative estimate of drug-likeness (QED) is 0.387. The van der Waals surface area contributed by atoms with E-state index in [1.165, 1.54) is 13.3 Å². The van der Waals surface area contributed by atoms with Crippen LogP contribution in [0.2, 0.25) is 0 Å². The molecule has 0 saturated heterocycles. The molecule has 6 nitrogen and oxygen atoms in total. The van der Waals surface area contributed by atoms with Gasteiger partial charge in [0.2, 0.25) is 0 Å². The zero-order valence-electron chi connectivity index (χ0n) is 15.1. The van der Waals surface area contributed by atoms with Crippen LogP contribution in [0.1, 0.15) is 22.3 Å². The lowest BCUT2D eigenvalue weighted by molar-refractivity contribution is -0.123. The number of ether oxygens (including phenoxy) is 2. The van der Waals surface area contributed by atoms with Gasteiger partial charge in [-0.3, -0.25) is 4.79 Å². The SMILES string of the molecule is COc1cc(/C=N\NC(=O)COc2c(C)ccc(C)c2C)cc(I)c1O. The second kappa shape index (κ2) is 8.88. The molecule has 2 rings (SSSR count). The lowest BCUT2D eigenvalue weighted by atomic mass is 10.1. The van der Waals surface area contributed by atoms with Gasteiger partial charge in [-0.2, -0.15) is 5.10 Å². The number of aromatic hydroxyl groups is 1. The van der Waals surface area contributed by atoms with E-state index in [0.717, 1.165) is 22.4 Å². The maximum absolute atomic E-state index is 11.9. The van der Waals surface area contributed by atoms with Crippen LogP contribution in [0.25, 0.3) is 0 Å². The fourth-order valence-electron chi connectivity index (χ4n) is 2.32. The van der Waals surface area contributed by atoms with E-state index >= 15 is 0 Å². The molecule has 0 unspecified atom stereocenters. The molecule has 2 N–H and O–H groups in total. The monoisotopic (exact) mass is 468 g/mol. The van der Waals surface area contributed by atoms with E-state index < -0.39 is 0 Å². The first kappa shape index (κ1) is 20.0. The smallest absolute Gasteiger partial charge is 0.277 e. The Morgan fingerprint density at radius 2 is 1.96 bits per heavy atom. The highest BCUT2D eigenvalue weighted by Gasteiger charge is 2.09. The molecule has 0 saturated carbocycles. The summed E-state index contributed by atoms with van der Waals surface area (Å²) in [5, 5.41) is 13.7. The Labute approximate surface area is 166 Å². The first-order valence-electron chi connectivity index (χ1n) is 7.91. The maximum Gasteiger partial charge on any atom is 0.277 e. The van der Waals surface area contributed by atoms with Crippen molar-refractivity contribution in [2.24, 2.45) is 5.10 Å². The second-order valence-electron chi connectivity index (χ2n) is 5.79. The van der Waals surface area contributed by atoms with E-state index in [9.17, 15) is 9.90 Å². The molecule has 7 heteroatoms. The maximum atomic E-state index is 11.9. The number of nitrogens with zero attached hydrogens (tertiary/aromatic N) is 1. The van der Waals surface area contributed by atoms with Crippen molar-refractivity contribution in [3.05, 3.63) is 50.1 Å². The molecule has 0 aliphatic heterocycles. The third kappa shape index (κ3) is 4.87. The van der Waals surface area contributed by atoms with Gasteiger partial charge in [-0.25, -0.2) is 5.43 Å². The molecule has 0 aliphatic carbocycles. The van der Waals surface area contributed by atoms with Crippen molar-refractivity contribution in [3.63, 3.8) is 0 Å². The van der Waals surface area contributed by atoms with Gasteiger partial charge in [0.05, 0.1) is 16.9 Å². The van der Waals surface area contributed by atoms with Crippen molar-refractivity contribution >= 4 is 34.7 Å². The Balaban J connectivity index is 1.96. The molecule has 0 spiro atoms. The van der Waals surface area contributed by atoms with E-state index in [2.05, 4.69) is 10.5 Å². The van der Waals surface area contributed by atoms with Crippen LogP contribution in [-0.4, -0.2) is 30.9 Å². The van der Waals surface area contributed by atoms with E-state index in [1.54, 1.807) is 12.1 Å². The number of methoxy groups -OCH3 is 1. The van der Waals surface area contributed by atoms with Crippen LogP contribution < -0.4 is 14.9 Å². The fourth-order valence-corrected chi connectivity index (χ4v) is 2.95. The highest BCUT2D eigenvalue weighted by atomic mass is 127. The summed E-state index contributed by atoms with van der Waals surface area (Å²) in [6.07, 6.45) is 1.48. The Bertz CT molecular complexity index is 850. The number of rotatable bonds is 6. The van der Waals surface area contributed by atoms with E-state index in [0.29, 0.717) is 14.9 Å². The Morgan fingerprint density at radius 3 is 2.65 bits per heavy atom. The standard InChI is InChI=1S/C19H21IN2O4/c1-11-5-6-12(2)19(13(11)3)26-10-17(23)22-21-9-14-7-15(20)18(24)16(8-14)25-4/h5-9,24H,10H2,1-4H3,(H,22,23)/b21-9-. The van der Waals surface area contributed by atoms with Gasteiger partial charge in [-0.15, -0.1) is 0 Å². The molecular weight excluding hydrogens is 447 g/mol. The molecule has 0 heterocycles. The second-order valence-corrected chi connectivity index (χ2v) is 6.95.